The topological polar surface area (TPSA) is 60.7 Å². The van der Waals surface area contributed by atoms with Gasteiger partial charge in [-0.1, -0.05) is 48.4 Å². The summed E-state index contributed by atoms with van der Waals surface area (Å²) in [5.74, 6) is -0.583. The second kappa shape index (κ2) is 10.1. The molecule has 6 heteroatoms. The molecule has 0 aliphatic rings. The third-order valence-electron chi connectivity index (χ3n) is 5.47. The summed E-state index contributed by atoms with van der Waals surface area (Å²) in [6, 6.07) is 10.4. The molecule has 0 saturated heterocycles. The monoisotopic (exact) mass is 438 g/mol. The van der Waals surface area contributed by atoms with Crippen LogP contribution in [0.15, 0.2) is 35.3 Å². The van der Waals surface area contributed by atoms with Crippen LogP contribution in [0.1, 0.15) is 47.6 Å². The van der Waals surface area contributed by atoms with Crippen LogP contribution < -0.4 is 4.80 Å². The van der Waals surface area contributed by atoms with Gasteiger partial charge in [0.25, 0.3) is 5.91 Å². The Bertz CT molecular complexity index is 1160. The van der Waals surface area contributed by atoms with E-state index < -0.39 is 0 Å². The molecule has 0 radical (unpaired) electrons. The summed E-state index contributed by atoms with van der Waals surface area (Å²) in [4.78, 5) is 29.8. The molecule has 164 valence electrons. The Labute approximate surface area is 187 Å². The SMILES string of the molecule is CCCCc1ccc2c(c1)sc(=NC(=O)Cc1c(C)cc(C)cc1C)n2CC(=O)OC. The lowest BCUT2D eigenvalue weighted by atomic mass is 9.97. The minimum absolute atomic E-state index is 0.0273. The maximum atomic E-state index is 12.9. The maximum absolute atomic E-state index is 12.9. The van der Waals surface area contributed by atoms with Crippen LogP contribution in [0.2, 0.25) is 0 Å². The second-order valence-corrected chi connectivity index (χ2v) is 9.02. The van der Waals surface area contributed by atoms with Crippen LogP contribution in [0.4, 0.5) is 0 Å². The van der Waals surface area contributed by atoms with Crippen molar-refractivity contribution in [2.24, 2.45) is 4.99 Å². The molecule has 2 aromatic carbocycles. The average Bonchev–Trinajstić information content (AvgIpc) is 3.05. The second-order valence-electron chi connectivity index (χ2n) is 8.01. The number of ether oxygens (including phenoxy) is 1. The quantitative estimate of drug-likeness (QED) is 0.497. The van der Waals surface area contributed by atoms with Crippen molar-refractivity contribution in [3.05, 3.63) is 63.0 Å². The first-order valence-corrected chi connectivity index (χ1v) is 11.5. The molecule has 1 aromatic heterocycles. The van der Waals surface area contributed by atoms with Crippen molar-refractivity contribution in [2.75, 3.05) is 7.11 Å². The fraction of sp³-hybridized carbons (Fsp3) is 0.400. The molecule has 5 nitrogen and oxygen atoms in total. The lowest BCUT2D eigenvalue weighted by Gasteiger charge is -2.09. The fourth-order valence-corrected chi connectivity index (χ4v) is 4.98. The van der Waals surface area contributed by atoms with E-state index in [0.717, 1.165) is 46.2 Å². The van der Waals surface area contributed by atoms with Crippen LogP contribution in [0.25, 0.3) is 10.2 Å². The molecule has 3 aromatic rings. The van der Waals surface area contributed by atoms with Gasteiger partial charge in [-0.25, -0.2) is 0 Å². The summed E-state index contributed by atoms with van der Waals surface area (Å²) in [7, 11) is 1.37. The molecule has 0 aliphatic carbocycles. The highest BCUT2D eigenvalue weighted by Gasteiger charge is 2.14. The average molecular weight is 439 g/mol. The summed E-state index contributed by atoms with van der Waals surface area (Å²) in [6.07, 6.45) is 3.52. The molecular weight excluding hydrogens is 408 g/mol. The first-order valence-electron chi connectivity index (χ1n) is 10.7. The van der Waals surface area contributed by atoms with Gasteiger partial charge in [0.15, 0.2) is 4.80 Å². The van der Waals surface area contributed by atoms with Gasteiger partial charge in [0, 0.05) is 0 Å². The zero-order valence-electron chi connectivity index (χ0n) is 18.9. The number of benzene rings is 2. The Morgan fingerprint density at radius 2 is 1.81 bits per heavy atom. The number of aromatic nitrogens is 1. The molecule has 0 spiro atoms. The normalized spacial score (nSPS) is 11.8. The van der Waals surface area contributed by atoms with Gasteiger partial charge in [-0.05, 0) is 68.0 Å². The number of rotatable bonds is 7. The van der Waals surface area contributed by atoms with E-state index in [-0.39, 0.29) is 24.8 Å². The first-order chi connectivity index (χ1) is 14.8. The van der Waals surface area contributed by atoms with Crippen LogP contribution in [0, 0.1) is 20.8 Å². The van der Waals surface area contributed by atoms with Crippen molar-refractivity contribution in [3.8, 4) is 0 Å². The van der Waals surface area contributed by atoms with Gasteiger partial charge in [-0.3, -0.25) is 9.59 Å². The number of hydrogen-bond donors (Lipinski definition) is 0. The van der Waals surface area contributed by atoms with Gasteiger partial charge in [0.1, 0.15) is 6.54 Å². The molecule has 0 saturated carbocycles. The Balaban J connectivity index is 2.02. The summed E-state index contributed by atoms with van der Waals surface area (Å²) in [6.45, 7) is 8.31. The van der Waals surface area contributed by atoms with E-state index in [4.69, 9.17) is 4.74 Å². The number of carbonyl (C=O) groups is 2. The number of unbranched alkanes of at least 4 members (excludes halogenated alkanes) is 1. The van der Waals surface area contributed by atoms with E-state index in [1.165, 1.54) is 29.6 Å². The van der Waals surface area contributed by atoms with Gasteiger partial charge in [0.2, 0.25) is 0 Å². The van der Waals surface area contributed by atoms with Gasteiger partial charge < -0.3 is 9.30 Å². The summed E-state index contributed by atoms with van der Waals surface area (Å²) in [5.41, 5.74) is 6.54. The van der Waals surface area contributed by atoms with E-state index >= 15 is 0 Å². The molecule has 1 heterocycles. The Hall–Kier alpha value is -2.73. The highest BCUT2D eigenvalue weighted by molar-refractivity contribution is 7.16. The molecule has 0 unspecified atom stereocenters. The van der Waals surface area contributed by atoms with Crippen LogP contribution >= 0.6 is 11.3 Å². The lowest BCUT2D eigenvalue weighted by molar-refractivity contribution is -0.141. The van der Waals surface area contributed by atoms with Crippen molar-refractivity contribution >= 4 is 33.4 Å². The van der Waals surface area contributed by atoms with Gasteiger partial charge in [0.05, 0.1) is 23.7 Å². The number of thiazole rings is 1. The van der Waals surface area contributed by atoms with Crippen LogP contribution in [0.5, 0.6) is 0 Å². The molecule has 0 atom stereocenters. The van der Waals surface area contributed by atoms with Crippen molar-refractivity contribution in [1.29, 1.82) is 0 Å². The van der Waals surface area contributed by atoms with E-state index in [2.05, 4.69) is 43.1 Å². The molecule has 1 amide bonds. The van der Waals surface area contributed by atoms with E-state index in [0.29, 0.717) is 4.80 Å². The summed E-state index contributed by atoms with van der Waals surface area (Å²) < 4.78 is 7.67. The number of methoxy groups -OCH3 is 1. The lowest BCUT2D eigenvalue weighted by Crippen LogP contribution is -2.22. The fourth-order valence-electron chi connectivity index (χ4n) is 3.87. The van der Waals surface area contributed by atoms with Crippen LogP contribution in [0.3, 0.4) is 0 Å². The number of nitrogens with zero attached hydrogens (tertiary/aromatic N) is 2. The van der Waals surface area contributed by atoms with Crippen molar-refractivity contribution in [3.63, 3.8) is 0 Å². The molecular formula is C25H30N2O3S. The number of aryl methyl sites for hydroxylation is 4. The number of esters is 1. The molecule has 31 heavy (non-hydrogen) atoms. The molecule has 0 fully saturated rings. The number of carbonyl (C=O) groups excluding carboxylic acids is 2. The van der Waals surface area contributed by atoms with Crippen molar-refractivity contribution < 1.29 is 14.3 Å². The van der Waals surface area contributed by atoms with Gasteiger partial charge in [-0.15, -0.1) is 0 Å². The van der Waals surface area contributed by atoms with Gasteiger partial charge in [-0.2, -0.15) is 4.99 Å². The summed E-state index contributed by atoms with van der Waals surface area (Å²) >= 11 is 1.44. The van der Waals surface area contributed by atoms with Crippen molar-refractivity contribution in [2.45, 2.75) is 59.9 Å². The van der Waals surface area contributed by atoms with E-state index in [1.807, 2.05) is 19.9 Å². The predicted molar refractivity (Wildman–Crippen MR) is 125 cm³/mol. The third kappa shape index (κ3) is 5.50. The molecule has 0 N–H and O–H groups in total. The van der Waals surface area contributed by atoms with Crippen LogP contribution in [-0.4, -0.2) is 23.6 Å². The standard InChI is InChI=1S/C25H30N2O3S/c1-6-7-8-19-9-10-21-22(13-19)31-25(27(21)15-24(29)30-5)26-23(28)14-20-17(3)11-16(2)12-18(20)4/h9-13H,6-8,14-15H2,1-5H3. The molecule has 3 rings (SSSR count). The third-order valence-corrected chi connectivity index (χ3v) is 6.51. The zero-order chi connectivity index (χ0) is 22.5. The minimum Gasteiger partial charge on any atom is -0.468 e. The number of amides is 1. The smallest absolute Gasteiger partial charge is 0.325 e. The van der Waals surface area contributed by atoms with E-state index in [1.54, 1.807) is 4.57 Å². The largest absolute Gasteiger partial charge is 0.468 e. The minimum atomic E-state index is -0.367. The maximum Gasteiger partial charge on any atom is 0.325 e. The predicted octanol–water partition coefficient (Wildman–Crippen LogP) is 4.81. The van der Waals surface area contributed by atoms with Crippen LogP contribution in [-0.2, 0) is 33.7 Å². The summed E-state index contributed by atoms with van der Waals surface area (Å²) in [5, 5.41) is 0. The molecule has 0 aliphatic heterocycles. The Morgan fingerprint density at radius 1 is 1.10 bits per heavy atom. The Morgan fingerprint density at radius 3 is 2.45 bits per heavy atom. The van der Waals surface area contributed by atoms with E-state index in [9.17, 15) is 9.59 Å². The first kappa shape index (κ1) is 22.9. The number of hydrogen-bond acceptors (Lipinski definition) is 4. The zero-order valence-corrected chi connectivity index (χ0v) is 19.8. The number of fused-ring (bicyclic) bond motifs is 1. The van der Waals surface area contributed by atoms with Crippen molar-refractivity contribution in [1.82, 2.24) is 4.57 Å². The molecule has 0 bridgehead atoms. The highest BCUT2D eigenvalue weighted by Crippen LogP contribution is 2.21. The highest BCUT2D eigenvalue weighted by atomic mass is 32.1. The van der Waals surface area contributed by atoms with Gasteiger partial charge >= 0.3 is 5.97 Å². The Kier molecular flexibility index (Phi) is 7.44.